The lowest BCUT2D eigenvalue weighted by Crippen LogP contribution is -2.33. The molecular weight excluding hydrogens is 184 g/mol. The van der Waals surface area contributed by atoms with Gasteiger partial charge in [-0.05, 0) is 30.4 Å². The molecule has 2 nitrogen and oxygen atoms in total. The van der Waals surface area contributed by atoms with Crippen LogP contribution in [0.15, 0.2) is 24.3 Å². The van der Waals surface area contributed by atoms with Gasteiger partial charge < -0.3 is 0 Å². The summed E-state index contributed by atoms with van der Waals surface area (Å²) in [5, 5.41) is 0. The maximum absolute atomic E-state index is 5.65. The summed E-state index contributed by atoms with van der Waals surface area (Å²) < 4.78 is 0. The van der Waals surface area contributed by atoms with Crippen molar-refractivity contribution in [2.75, 3.05) is 0 Å². The molecule has 0 radical (unpaired) electrons. The largest absolute Gasteiger partial charge is 0.271 e. The van der Waals surface area contributed by atoms with Crippen LogP contribution in [0.2, 0.25) is 0 Å². The van der Waals surface area contributed by atoms with E-state index in [0.717, 1.165) is 0 Å². The summed E-state index contributed by atoms with van der Waals surface area (Å²) >= 11 is 0. The molecule has 0 aliphatic heterocycles. The highest BCUT2D eigenvalue weighted by atomic mass is 15.2. The predicted molar refractivity (Wildman–Crippen MR) is 65.3 cm³/mol. The van der Waals surface area contributed by atoms with Gasteiger partial charge in [-0.15, -0.1) is 0 Å². The third kappa shape index (κ3) is 3.05. The molecule has 2 unspecified atom stereocenters. The lowest BCUT2D eigenvalue weighted by atomic mass is 9.89. The van der Waals surface area contributed by atoms with E-state index in [9.17, 15) is 0 Å². The normalized spacial score (nSPS) is 14.9. The van der Waals surface area contributed by atoms with E-state index in [4.69, 9.17) is 5.84 Å². The molecule has 0 aliphatic carbocycles. The van der Waals surface area contributed by atoms with Gasteiger partial charge in [0.05, 0.1) is 0 Å². The zero-order valence-electron chi connectivity index (χ0n) is 9.96. The van der Waals surface area contributed by atoms with Crippen LogP contribution in [-0.2, 0) is 0 Å². The minimum Gasteiger partial charge on any atom is -0.271 e. The van der Waals surface area contributed by atoms with Gasteiger partial charge >= 0.3 is 0 Å². The van der Waals surface area contributed by atoms with Crippen LogP contribution in [0.3, 0.4) is 0 Å². The maximum Gasteiger partial charge on any atom is 0.0488 e. The van der Waals surface area contributed by atoms with Gasteiger partial charge in [0.25, 0.3) is 0 Å². The second-order valence-electron chi connectivity index (χ2n) is 4.27. The van der Waals surface area contributed by atoms with Crippen LogP contribution in [0, 0.1) is 12.8 Å². The van der Waals surface area contributed by atoms with Gasteiger partial charge in [-0.2, -0.15) is 0 Å². The van der Waals surface area contributed by atoms with Crippen molar-refractivity contribution >= 4 is 0 Å². The molecule has 0 spiro atoms. The van der Waals surface area contributed by atoms with Gasteiger partial charge in [0.2, 0.25) is 0 Å². The minimum atomic E-state index is 0.270. The van der Waals surface area contributed by atoms with E-state index in [1.807, 2.05) is 0 Å². The second kappa shape index (κ2) is 5.89. The Morgan fingerprint density at radius 1 is 1.33 bits per heavy atom. The van der Waals surface area contributed by atoms with Gasteiger partial charge in [-0.1, -0.05) is 44.5 Å². The molecule has 1 rings (SSSR count). The first-order valence-electron chi connectivity index (χ1n) is 5.72. The number of nitrogens with one attached hydrogen (secondary N) is 1. The second-order valence-corrected chi connectivity index (χ2v) is 4.27. The summed E-state index contributed by atoms with van der Waals surface area (Å²) in [7, 11) is 0. The Morgan fingerprint density at radius 3 is 2.53 bits per heavy atom. The van der Waals surface area contributed by atoms with Crippen LogP contribution < -0.4 is 11.3 Å². The topological polar surface area (TPSA) is 38.0 Å². The van der Waals surface area contributed by atoms with Gasteiger partial charge in [0.15, 0.2) is 0 Å². The summed E-state index contributed by atoms with van der Waals surface area (Å²) in [5.74, 6) is 6.23. The highest BCUT2D eigenvalue weighted by molar-refractivity contribution is 5.29. The molecule has 0 saturated carbocycles. The number of hydrogen-bond donors (Lipinski definition) is 2. The van der Waals surface area contributed by atoms with Crippen LogP contribution in [0.4, 0.5) is 0 Å². The van der Waals surface area contributed by atoms with Crippen molar-refractivity contribution in [3.63, 3.8) is 0 Å². The highest BCUT2D eigenvalue weighted by Crippen LogP contribution is 2.26. The molecule has 2 atom stereocenters. The average molecular weight is 206 g/mol. The average Bonchev–Trinajstić information content (AvgIpc) is 2.22. The van der Waals surface area contributed by atoms with Crippen molar-refractivity contribution in [3.8, 4) is 0 Å². The van der Waals surface area contributed by atoms with Crippen LogP contribution in [0.25, 0.3) is 0 Å². The smallest absolute Gasteiger partial charge is 0.0488 e. The van der Waals surface area contributed by atoms with E-state index in [-0.39, 0.29) is 6.04 Å². The molecule has 15 heavy (non-hydrogen) atoms. The molecule has 1 aromatic rings. The first kappa shape index (κ1) is 12.2. The Morgan fingerprint density at radius 2 is 2.00 bits per heavy atom. The molecule has 0 heterocycles. The summed E-state index contributed by atoms with van der Waals surface area (Å²) in [6.07, 6.45) is 2.40. The van der Waals surface area contributed by atoms with Gasteiger partial charge in [-0.3, -0.25) is 11.3 Å². The molecule has 3 N–H and O–H groups in total. The Balaban J connectivity index is 2.87. The fourth-order valence-electron chi connectivity index (χ4n) is 2.12. The number of hydrogen-bond acceptors (Lipinski definition) is 2. The SMILES string of the molecule is CCCC(C)C(NN)c1ccccc1C. The molecular formula is C13H22N2. The van der Waals surface area contributed by atoms with E-state index >= 15 is 0 Å². The fourth-order valence-corrected chi connectivity index (χ4v) is 2.12. The van der Waals surface area contributed by atoms with E-state index < -0.39 is 0 Å². The molecule has 2 heteroatoms. The summed E-state index contributed by atoms with van der Waals surface area (Å²) in [4.78, 5) is 0. The van der Waals surface area contributed by atoms with Crippen LogP contribution in [-0.4, -0.2) is 0 Å². The van der Waals surface area contributed by atoms with Crippen molar-refractivity contribution in [1.82, 2.24) is 5.43 Å². The van der Waals surface area contributed by atoms with Crippen molar-refractivity contribution < 1.29 is 0 Å². The van der Waals surface area contributed by atoms with Gasteiger partial charge in [0.1, 0.15) is 0 Å². The van der Waals surface area contributed by atoms with E-state index in [1.54, 1.807) is 0 Å². The van der Waals surface area contributed by atoms with Crippen molar-refractivity contribution in [2.24, 2.45) is 11.8 Å². The number of benzene rings is 1. The lowest BCUT2D eigenvalue weighted by Gasteiger charge is -2.24. The number of aryl methyl sites for hydroxylation is 1. The Bertz CT molecular complexity index is 296. The molecule has 84 valence electrons. The Labute approximate surface area is 92.8 Å². The minimum absolute atomic E-state index is 0.270. The Kier molecular flexibility index (Phi) is 4.79. The van der Waals surface area contributed by atoms with Crippen molar-refractivity contribution in [1.29, 1.82) is 0 Å². The van der Waals surface area contributed by atoms with Crippen molar-refractivity contribution in [3.05, 3.63) is 35.4 Å². The van der Waals surface area contributed by atoms with Crippen LogP contribution in [0.1, 0.15) is 43.9 Å². The Hall–Kier alpha value is -0.860. The maximum atomic E-state index is 5.65. The van der Waals surface area contributed by atoms with E-state index in [0.29, 0.717) is 5.92 Å². The standard InChI is InChI=1S/C13H22N2/c1-4-7-11(3)13(15-14)12-9-6-5-8-10(12)2/h5-6,8-9,11,13,15H,4,7,14H2,1-3H3. The molecule has 0 saturated heterocycles. The fraction of sp³-hybridized carbons (Fsp3) is 0.538. The monoisotopic (exact) mass is 206 g/mol. The van der Waals surface area contributed by atoms with Crippen molar-refractivity contribution in [2.45, 2.75) is 39.7 Å². The lowest BCUT2D eigenvalue weighted by molar-refractivity contribution is 0.367. The first-order chi connectivity index (χ1) is 7.20. The third-order valence-corrected chi connectivity index (χ3v) is 3.02. The number of hydrazine groups is 1. The first-order valence-corrected chi connectivity index (χ1v) is 5.72. The van der Waals surface area contributed by atoms with Gasteiger partial charge in [0, 0.05) is 6.04 Å². The number of nitrogens with two attached hydrogens (primary N) is 1. The zero-order chi connectivity index (χ0) is 11.3. The molecule has 0 fully saturated rings. The highest BCUT2D eigenvalue weighted by Gasteiger charge is 2.18. The molecule has 0 aromatic heterocycles. The summed E-state index contributed by atoms with van der Waals surface area (Å²) in [6, 6.07) is 8.71. The molecule has 0 bridgehead atoms. The third-order valence-electron chi connectivity index (χ3n) is 3.02. The quantitative estimate of drug-likeness (QED) is 0.574. The summed E-state index contributed by atoms with van der Waals surface area (Å²) in [6.45, 7) is 6.60. The predicted octanol–water partition coefficient (Wildman–Crippen LogP) is 2.94. The van der Waals surface area contributed by atoms with Crippen LogP contribution in [0.5, 0.6) is 0 Å². The van der Waals surface area contributed by atoms with E-state index in [2.05, 4.69) is 50.5 Å². The molecule has 1 aromatic carbocycles. The van der Waals surface area contributed by atoms with E-state index in [1.165, 1.54) is 24.0 Å². The van der Waals surface area contributed by atoms with Crippen LogP contribution >= 0.6 is 0 Å². The van der Waals surface area contributed by atoms with Gasteiger partial charge in [-0.25, -0.2) is 0 Å². The number of rotatable bonds is 5. The molecule has 0 amide bonds. The molecule has 0 aliphatic rings. The summed E-state index contributed by atoms with van der Waals surface area (Å²) in [5.41, 5.74) is 5.57. The zero-order valence-corrected chi connectivity index (χ0v) is 9.96.